The van der Waals surface area contributed by atoms with E-state index in [-0.39, 0.29) is 10.8 Å². The van der Waals surface area contributed by atoms with Crippen LogP contribution in [-0.2, 0) is 29.8 Å². The van der Waals surface area contributed by atoms with Crippen LogP contribution in [0.4, 0.5) is 28.4 Å². The average Bonchev–Trinajstić information content (AvgIpc) is 1.56. The van der Waals surface area contributed by atoms with Crippen LogP contribution in [0.25, 0.3) is 33.4 Å². The minimum absolute atomic E-state index is 0.0523. The highest BCUT2D eigenvalue weighted by Gasteiger charge is 2.49. The molecule has 0 radical (unpaired) electrons. The second-order valence-corrected chi connectivity index (χ2v) is 27.5. The number of hydrogen-bond acceptors (Lipinski definition) is 10. The number of anilines is 5. The maximum absolute atomic E-state index is 6.55. The first-order chi connectivity index (χ1) is 50.7. The maximum Gasteiger partial charge on any atom is 0.119 e. The molecule has 11 aromatic rings. The van der Waals surface area contributed by atoms with Gasteiger partial charge >= 0.3 is 0 Å². The number of para-hydroxylation sites is 1. The van der Waals surface area contributed by atoms with E-state index in [1.807, 2.05) is 19.9 Å². The Labute approximate surface area is 607 Å². The lowest BCUT2D eigenvalue weighted by Crippen LogP contribution is -2.46. The minimum Gasteiger partial charge on any atom is -0.493 e. The zero-order chi connectivity index (χ0) is 70.4. The standard InChI is InChI=1S/C93H90N2O8/c1-7-72(8-2)94(76-42-52-84-82-22-16-18-24-86(82)92(88(84)58-76,68-30-44-78(45-31-68)100-56-54-96-11-5)70-34-48-80(49-35-70)102-64-90(9-3)60-98-61-90)74-38-26-66(27-39-74)67-28-40-75(41-29-67)95(73-20-14-13-15-21-73)77-43-53-85-83-23-17-19-25-87(83)93(89(85)59-77,69-32-46-79(47-33-69)101-57-55-97-12-6)71-36-50-81(51-37-71)103-65-91(10-4)62-99-63-91/h7-8,13-53,58-59H,1,9-12,54-57,60-65H2,2-6H3/b72-8+. The molecule has 11 aromatic carbocycles. The first-order valence-electron chi connectivity index (χ1n) is 36.6. The largest absolute Gasteiger partial charge is 0.493 e. The fourth-order valence-electron chi connectivity index (χ4n) is 15.8. The number of allylic oxidation sites excluding steroid dienone is 2. The summed E-state index contributed by atoms with van der Waals surface area (Å²) in [4.78, 5) is 4.70. The van der Waals surface area contributed by atoms with Gasteiger partial charge in [0.1, 0.15) is 36.2 Å². The fourth-order valence-corrected chi connectivity index (χ4v) is 15.8. The Kier molecular flexibility index (Phi) is 19.8. The molecule has 0 spiro atoms. The zero-order valence-electron chi connectivity index (χ0n) is 59.7. The second kappa shape index (κ2) is 29.9. The number of fused-ring (bicyclic) bond motifs is 6. The first-order valence-corrected chi connectivity index (χ1v) is 36.6. The van der Waals surface area contributed by atoms with Crippen molar-refractivity contribution in [1.29, 1.82) is 0 Å². The van der Waals surface area contributed by atoms with Crippen LogP contribution < -0.4 is 28.7 Å². The maximum atomic E-state index is 6.55. The highest BCUT2D eigenvalue weighted by molar-refractivity contribution is 5.91. The molecule has 0 saturated carbocycles. The summed E-state index contributed by atoms with van der Waals surface area (Å²) in [5.74, 6) is 3.28. The molecule has 103 heavy (non-hydrogen) atoms. The molecule has 520 valence electrons. The van der Waals surface area contributed by atoms with Crippen LogP contribution in [0.3, 0.4) is 0 Å². The Balaban J connectivity index is 0.774. The Morgan fingerprint density at radius 1 is 0.379 bits per heavy atom. The molecule has 4 aliphatic rings. The molecule has 2 unspecified atom stereocenters. The van der Waals surface area contributed by atoms with Gasteiger partial charge in [0.05, 0.1) is 74.5 Å². The number of rotatable bonds is 30. The molecular weight excluding hydrogens is 1270 g/mol. The van der Waals surface area contributed by atoms with E-state index >= 15 is 0 Å². The van der Waals surface area contributed by atoms with Crippen molar-refractivity contribution in [3.8, 4) is 56.4 Å². The molecule has 10 nitrogen and oxygen atoms in total. The van der Waals surface area contributed by atoms with E-state index in [0.717, 1.165) is 130 Å². The molecule has 2 aliphatic carbocycles. The topological polar surface area (TPSA) is 80.3 Å². The highest BCUT2D eigenvalue weighted by Crippen LogP contribution is 2.60. The summed E-state index contributed by atoms with van der Waals surface area (Å²) in [6.07, 6.45) is 6.10. The van der Waals surface area contributed by atoms with Gasteiger partial charge < -0.3 is 47.7 Å². The minimum atomic E-state index is -0.713. The summed E-state index contributed by atoms with van der Waals surface area (Å²) in [5, 5.41) is 0. The lowest BCUT2D eigenvalue weighted by Gasteiger charge is -2.40. The molecule has 2 heterocycles. The van der Waals surface area contributed by atoms with Crippen LogP contribution in [0.15, 0.2) is 285 Å². The van der Waals surface area contributed by atoms with Crippen LogP contribution in [0, 0.1) is 10.8 Å². The summed E-state index contributed by atoms with van der Waals surface area (Å²) in [6, 6.07) is 95.3. The van der Waals surface area contributed by atoms with Crippen molar-refractivity contribution in [1.82, 2.24) is 0 Å². The average molecular weight is 1360 g/mol. The summed E-state index contributed by atoms with van der Waals surface area (Å²) < 4.78 is 48.2. The van der Waals surface area contributed by atoms with Gasteiger partial charge in [0.15, 0.2) is 0 Å². The van der Waals surface area contributed by atoms with E-state index in [2.05, 4.69) is 304 Å². The smallest absolute Gasteiger partial charge is 0.119 e. The van der Waals surface area contributed by atoms with Crippen molar-refractivity contribution in [2.75, 3.05) is 89.1 Å². The molecule has 0 aromatic heterocycles. The van der Waals surface area contributed by atoms with Gasteiger partial charge in [-0.15, -0.1) is 0 Å². The van der Waals surface area contributed by atoms with Crippen molar-refractivity contribution >= 4 is 28.4 Å². The highest BCUT2D eigenvalue weighted by atomic mass is 16.5. The Morgan fingerprint density at radius 3 is 1.15 bits per heavy atom. The monoisotopic (exact) mass is 1360 g/mol. The SMILES string of the molecule is C=C/C(=C\C)N(c1ccc(-c2ccc(N(c3ccccc3)c3ccc4c(c3)C(c3ccc(OCCOCC)cc3)(c3ccc(OCC5(CC)COC5)cc3)c3ccccc3-4)cc2)cc1)c1ccc2c(c1)C(c1ccc(OCCOCC)cc1)(c1ccc(OCC3(CC)COC3)cc1)c1ccccc1-2. The van der Waals surface area contributed by atoms with Crippen molar-refractivity contribution < 1.29 is 37.9 Å². The quantitative estimate of drug-likeness (QED) is 0.0321. The van der Waals surface area contributed by atoms with Crippen molar-refractivity contribution in [3.63, 3.8) is 0 Å². The van der Waals surface area contributed by atoms with Gasteiger partial charge in [-0.1, -0.05) is 178 Å². The molecule has 2 saturated heterocycles. The van der Waals surface area contributed by atoms with Crippen molar-refractivity contribution in [2.45, 2.75) is 58.3 Å². The van der Waals surface area contributed by atoms with Crippen molar-refractivity contribution in [2.24, 2.45) is 10.8 Å². The number of nitrogens with zero attached hydrogens (tertiary/aromatic N) is 2. The summed E-state index contributed by atoms with van der Waals surface area (Å²) in [7, 11) is 0. The first kappa shape index (κ1) is 68.3. The number of hydrogen-bond donors (Lipinski definition) is 0. The predicted molar refractivity (Wildman–Crippen MR) is 416 cm³/mol. The molecular formula is C93H90N2O8. The second-order valence-electron chi connectivity index (χ2n) is 27.5. The number of ether oxygens (including phenoxy) is 8. The van der Waals surface area contributed by atoms with Crippen LogP contribution in [0.2, 0.25) is 0 Å². The van der Waals surface area contributed by atoms with Crippen LogP contribution >= 0.6 is 0 Å². The lowest BCUT2D eigenvalue weighted by atomic mass is 9.67. The van der Waals surface area contributed by atoms with E-state index in [1.54, 1.807) is 0 Å². The van der Waals surface area contributed by atoms with Gasteiger partial charge in [0, 0.05) is 47.3 Å². The Bertz CT molecular complexity index is 4770. The van der Waals surface area contributed by atoms with E-state index in [1.165, 1.54) is 44.5 Å². The van der Waals surface area contributed by atoms with Gasteiger partial charge in [-0.05, 0) is 227 Å². The van der Waals surface area contributed by atoms with Gasteiger partial charge in [0.25, 0.3) is 0 Å². The van der Waals surface area contributed by atoms with Gasteiger partial charge in [-0.2, -0.15) is 0 Å². The van der Waals surface area contributed by atoms with Crippen LogP contribution in [0.1, 0.15) is 92.0 Å². The van der Waals surface area contributed by atoms with Gasteiger partial charge in [0.2, 0.25) is 0 Å². The number of benzene rings is 11. The van der Waals surface area contributed by atoms with Crippen molar-refractivity contribution in [3.05, 3.63) is 330 Å². The van der Waals surface area contributed by atoms with E-state index < -0.39 is 10.8 Å². The molecule has 15 rings (SSSR count). The van der Waals surface area contributed by atoms with Crippen LogP contribution in [0.5, 0.6) is 23.0 Å². The predicted octanol–water partition coefficient (Wildman–Crippen LogP) is 21.2. The van der Waals surface area contributed by atoms with Gasteiger partial charge in [-0.3, -0.25) is 0 Å². The third-order valence-corrected chi connectivity index (χ3v) is 21.7. The summed E-state index contributed by atoms with van der Waals surface area (Å²) in [6.45, 7) is 22.3. The Morgan fingerprint density at radius 2 is 0.748 bits per heavy atom. The zero-order valence-corrected chi connectivity index (χ0v) is 59.7. The molecule has 2 aliphatic heterocycles. The third-order valence-electron chi connectivity index (χ3n) is 21.7. The molecule has 2 atom stereocenters. The molecule has 10 heteroatoms. The van der Waals surface area contributed by atoms with E-state index in [0.29, 0.717) is 52.9 Å². The third kappa shape index (κ3) is 12.8. The normalized spacial score (nSPS) is 17.2. The van der Waals surface area contributed by atoms with Gasteiger partial charge in [-0.25, -0.2) is 0 Å². The summed E-state index contributed by atoms with van der Waals surface area (Å²) >= 11 is 0. The molecule has 0 N–H and O–H groups in total. The molecule has 0 amide bonds. The summed E-state index contributed by atoms with van der Waals surface area (Å²) in [5.41, 5.74) is 21.1. The molecule has 2 fully saturated rings. The lowest BCUT2D eigenvalue weighted by molar-refractivity contribution is -0.133. The van der Waals surface area contributed by atoms with E-state index in [9.17, 15) is 0 Å². The van der Waals surface area contributed by atoms with Crippen LogP contribution in [-0.4, -0.2) is 79.3 Å². The molecule has 0 bridgehead atoms. The fraction of sp³-hybridized carbons (Fsp3) is 0.247. The Hall–Kier alpha value is -10.5. The van der Waals surface area contributed by atoms with E-state index in [4.69, 9.17) is 37.9 Å².